The summed E-state index contributed by atoms with van der Waals surface area (Å²) >= 11 is 0. The zero-order valence-corrected chi connectivity index (χ0v) is 26.9. The van der Waals surface area contributed by atoms with Crippen LogP contribution in [0.2, 0.25) is 0 Å². The predicted molar refractivity (Wildman–Crippen MR) is 166 cm³/mol. The van der Waals surface area contributed by atoms with Crippen molar-refractivity contribution in [1.29, 1.82) is 0 Å². The van der Waals surface area contributed by atoms with Gasteiger partial charge in [0.25, 0.3) is 29.8 Å². The van der Waals surface area contributed by atoms with E-state index >= 15 is 0 Å². The van der Waals surface area contributed by atoms with Crippen molar-refractivity contribution in [3.05, 3.63) is 0 Å². The van der Waals surface area contributed by atoms with E-state index in [2.05, 4.69) is 22.9 Å². The molecule has 14 nitrogen and oxygen atoms in total. The molecule has 10 N–H and O–H groups in total. The topological polar surface area (TPSA) is 249 Å². The Morgan fingerprint density at radius 2 is 0.643 bits per heavy atom. The van der Waals surface area contributed by atoms with Crippen LogP contribution in [0.25, 0.3) is 0 Å². The van der Waals surface area contributed by atoms with Gasteiger partial charge in [-0.2, -0.15) is 0 Å². The molecule has 0 saturated heterocycles. The Hall–Kier alpha value is -2.81. The Bertz CT molecular complexity index is 485. The van der Waals surface area contributed by atoms with Gasteiger partial charge in [0.1, 0.15) is 0 Å². The molecule has 0 amide bonds. The molecule has 0 aromatic carbocycles. The van der Waals surface area contributed by atoms with Crippen LogP contribution in [0.3, 0.4) is 0 Å². The molecule has 0 unspecified atom stereocenters. The molecule has 0 rings (SSSR count). The van der Waals surface area contributed by atoms with Crippen LogP contribution in [0.1, 0.15) is 106 Å². The second-order valence-electron chi connectivity index (χ2n) is 8.82. The number of carboxylic acid groups (broad SMARTS) is 5. The van der Waals surface area contributed by atoms with Crippen LogP contribution >= 0.6 is 0 Å². The van der Waals surface area contributed by atoms with E-state index in [1.54, 1.807) is 0 Å². The van der Waals surface area contributed by atoms with Crippen molar-refractivity contribution in [3.63, 3.8) is 0 Å². The molecule has 0 heterocycles. The number of carboxylic acids is 5. The number of rotatable bonds is 19. The fourth-order valence-electron chi connectivity index (χ4n) is 2.57. The van der Waals surface area contributed by atoms with E-state index in [-0.39, 0.29) is 0 Å². The second kappa shape index (κ2) is 51.0. The summed E-state index contributed by atoms with van der Waals surface area (Å²) in [5.74, 6) is -4.17. The van der Waals surface area contributed by atoms with Crippen LogP contribution in [0.4, 0.5) is 0 Å². The van der Waals surface area contributed by atoms with Crippen molar-refractivity contribution >= 4 is 29.8 Å². The van der Waals surface area contributed by atoms with Gasteiger partial charge in [-0.3, -0.25) is 24.0 Å². The highest BCUT2D eigenvalue weighted by molar-refractivity contribution is 5.63. The molecule has 0 aliphatic heterocycles. The number of carbonyl (C=O) groups is 5. The molecule has 0 aliphatic rings. The SMILES string of the molecule is CC(=O)O.CC(=O)O.CC(=O)O.CC(=O)O.CC(=O)O.CCCCCCCCCCCCNCCNCCNCCN. The van der Waals surface area contributed by atoms with Crippen LogP contribution in [-0.4, -0.2) is 101 Å². The van der Waals surface area contributed by atoms with Crippen molar-refractivity contribution < 1.29 is 49.5 Å². The maximum Gasteiger partial charge on any atom is 0.300 e. The van der Waals surface area contributed by atoms with E-state index in [0.29, 0.717) is 0 Å². The van der Waals surface area contributed by atoms with E-state index in [4.69, 9.17) is 55.2 Å². The van der Waals surface area contributed by atoms with E-state index in [9.17, 15) is 0 Å². The number of hydrogen-bond donors (Lipinski definition) is 9. The maximum atomic E-state index is 9.00. The van der Waals surface area contributed by atoms with Gasteiger partial charge in [-0.1, -0.05) is 64.7 Å². The van der Waals surface area contributed by atoms with E-state index in [1.165, 1.54) is 70.8 Å². The molecule has 42 heavy (non-hydrogen) atoms. The Labute approximate surface area is 252 Å². The third-order valence-corrected chi connectivity index (χ3v) is 3.99. The highest BCUT2D eigenvalue weighted by atomic mass is 16.4. The molecule has 0 bridgehead atoms. The van der Waals surface area contributed by atoms with Crippen molar-refractivity contribution in [2.75, 3.05) is 45.8 Å². The van der Waals surface area contributed by atoms with Gasteiger partial charge in [0.2, 0.25) is 0 Å². The fraction of sp³-hybridized carbons (Fsp3) is 0.821. The van der Waals surface area contributed by atoms with Gasteiger partial charge < -0.3 is 47.2 Å². The van der Waals surface area contributed by atoms with Crippen molar-refractivity contribution in [2.45, 2.75) is 106 Å². The Kier molecular flexibility index (Phi) is 63.0. The van der Waals surface area contributed by atoms with Crippen LogP contribution in [0, 0.1) is 0 Å². The third kappa shape index (κ3) is 186. The quantitative estimate of drug-likeness (QED) is 0.0949. The Morgan fingerprint density at radius 3 is 0.905 bits per heavy atom. The Balaban J connectivity index is -0.000000130. The summed E-state index contributed by atoms with van der Waals surface area (Å²) < 4.78 is 0. The van der Waals surface area contributed by atoms with Gasteiger partial charge in [0.15, 0.2) is 0 Å². The van der Waals surface area contributed by atoms with Crippen LogP contribution in [0.15, 0.2) is 0 Å². The molecule has 254 valence electrons. The largest absolute Gasteiger partial charge is 0.481 e. The van der Waals surface area contributed by atoms with Crippen LogP contribution in [-0.2, 0) is 24.0 Å². The van der Waals surface area contributed by atoms with Crippen LogP contribution < -0.4 is 21.7 Å². The molecule has 0 radical (unpaired) electrons. The van der Waals surface area contributed by atoms with Gasteiger partial charge in [0.05, 0.1) is 0 Å². The molecular weight excluding hydrogens is 552 g/mol. The first-order chi connectivity index (χ1) is 19.6. The molecule has 0 fully saturated rings. The van der Waals surface area contributed by atoms with Gasteiger partial charge in [-0.15, -0.1) is 0 Å². The first kappa shape index (κ1) is 51.9. The molecule has 0 aliphatic carbocycles. The van der Waals surface area contributed by atoms with E-state index in [0.717, 1.165) is 73.9 Å². The third-order valence-electron chi connectivity index (χ3n) is 3.99. The smallest absolute Gasteiger partial charge is 0.300 e. The summed E-state index contributed by atoms with van der Waals surface area (Å²) in [6, 6.07) is 0. The van der Waals surface area contributed by atoms with Gasteiger partial charge in [0, 0.05) is 73.9 Å². The van der Waals surface area contributed by atoms with Gasteiger partial charge in [-0.25, -0.2) is 0 Å². The standard InChI is InChI=1S/C18H42N4.5C2H4O2/c1-2-3-4-5-6-7-8-9-10-11-13-20-15-17-22-18-16-21-14-12-19;5*1-2(3)4/h20-22H,2-19H2,1H3;5*1H3,(H,3,4). The molecular formula is C28H62N4O10. The molecule has 0 spiro atoms. The van der Waals surface area contributed by atoms with Crippen molar-refractivity contribution in [2.24, 2.45) is 5.73 Å². The maximum absolute atomic E-state index is 9.00. The summed E-state index contributed by atoms with van der Waals surface area (Å²) in [5.41, 5.74) is 5.41. The minimum absolute atomic E-state index is 0.723. The molecule has 0 atom stereocenters. The summed E-state index contributed by atoms with van der Waals surface area (Å²) in [7, 11) is 0. The van der Waals surface area contributed by atoms with Gasteiger partial charge >= 0.3 is 0 Å². The highest BCUT2D eigenvalue weighted by Crippen LogP contribution is 2.10. The lowest BCUT2D eigenvalue weighted by Crippen LogP contribution is -2.34. The normalized spacial score (nSPS) is 8.83. The average Bonchev–Trinajstić information content (AvgIpc) is 2.81. The molecule has 0 aromatic rings. The zero-order chi connectivity index (χ0) is 34.0. The Morgan fingerprint density at radius 1 is 0.429 bits per heavy atom. The predicted octanol–water partition coefficient (Wildman–Crippen LogP) is 3.09. The molecule has 0 aromatic heterocycles. The zero-order valence-electron chi connectivity index (χ0n) is 26.9. The highest BCUT2D eigenvalue weighted by Gasteiger charge is 1.93. The first-order valence-corrected chi connectivity index (χ1v) is 14.4. The lowest BCUT2D eigenvalue weighted by atomic mass is 10.1. The van der Waals surface area contributed by atoms with Crippen molar-refractivity contribution in [1.82, 2.24) is 16.0 Å². The summed E-state index contributed by atoms with van der Waals surface area (Å²) in [6.07, 6.45) is 14.1. The summed E-state index contributed by atoms with van der Waals surface area (Å²) in [4.78, 5) is 45.0. The number of hydrogen-bond acceptors (Lipinski definition) is 9. The van der Waals surface area contributed by atoms with E-state index < -0.39 is 29.8 Å². The number of nitrogens with one attached hydrogen (secondary N) is 3. The minimum Gasteiger partial charge on any atom is -0.481 e. The van der Waals surface area contributed by atoms with E-state index in [1.807, 2.05) is 0 Å². The number of unbranched alkanes of at least 4 members (excludes halogenated alkanes) is 9. The van der Waals surface area contributed by atoms with Crippen LogP contribution in [0.5, 0.6) is 0 Å². The lowest BCUT2D eigenvalue weighted by molar-refractivity contribution is -0.135. The van der Waals surface area contributed by atoms with Gasteiger partial charge in [-0.05, 0) is 13.0 Å². The monoisotopic (exact) mass is 614 g/mol. The second-order valence-corrected chi connectivity index (χ2v) is 8.82. The fourth-order valence-corrected chi connectivity index (χ4v) is 2.57. The summed E-state index contributed by atoms with van der Waals surface area (Å²) in [5, 5.41) is 47.3. The minimum atomic E-state index is -0.833. The molecule has 14 heteroatoms. The number of aliphatic carboxylic acids is 5. The number of nitrogens with two attached hydrogens (primary N) is 1. The van der Waals surface area contributed by atoms with Crippen molar-refractivity contribution in [3.8, 4) is 0 Å². The summed E-state index contributed by atoms with van der Waals surface area (Å²) in [6.45, 7) is 14.7. The lowest BCUT2D eigenvalue weighted by Gasteiger charge is -2.07. The molecule has 0 saturated carbocycles. The average molecular weight is 615 g/mol. The first-order valence-electron chi connectivity index (χ1n) is 14.4.